The molecule has 2 unspecified atom stereocenters. The number of halogens is 8. The molecular formula is C101H114F8Ir3N8O4Rh-3. The molecule has 5 fully saturated rings. The third-order valence-electron chi connectivity index (χ3n) is 26.2. The molecule has 0 spiro atoms. The van der Waals surface area contributed by atoms with Crippen LogP contribution in [0.3, 0.4) is 0 Å². The molecule has 2 atom stereocenters. The predicted molar refractivity (Wildman–Crippen MR) is 464 cm³/mol. The van der Waals surface area contributed by atoms with Crippen LogP contribution in [-0.2, 0) is 116 Å². The molecule has 5 aliphatic carbocycles. The van der Waals surface area contributed by atoms with Crippen molar-refractivity contribution in [2.45, 2.75) is 266 Å². The predicted octanol–water partition coefficient (Wildman–Crippen LogP) is 26.0. The van der Waals surface area contributed by atoms with E-state index < -0.39 is 41.6 Å². The first kappa shape index (κ1) is 105. The van der Waals surface area contributed by atoms with E-state index in [9.17, 15) is 39.9 Å². The molecule has 6 aromatic heterocycles. The van der Waals surface area contributed by atoms with Crippen molar-refractivity contribution in [2.24, 2.45) is 27.1 Å². The van der Waals surface area contributed by atoms with Crippen molar-refractivity contribution in [1.82, 2.24) is 29.7 Å². The number of ether oxygens (including phenoxy) is 1. The van der Waals surface area contributed by atoms with Crippen molar-refractivity contribution in [3.8, 4) is 33.8 Å². The summed E-state index contributed by atoms with van der Waals surface area (Å²) < 4.78 is 119. The molecule has 10 aromatic rings. The molecule has 677 valence electrons. The van der Waals surface area contributed by atoms with Crippen LogP contribution in [0.25, 0.3) is 55.9 Å². The number of rotatable bonds is 18. The molecule has 0 saturated heterocycles. The van der Waals surface area contributed by atoms with Gasteiger partial charge in [-0.2, -0.15) is 30.6 Å². The molecule has 6 aliphatic rings. The molecule has 4 aromatic carbocycles. The summed E-state index contributed by atoms with van der Waals surface area (Å²) in [4.78, 5) is 29.7. The molecule has 1 aliphatic heterocycles. The van der Waals surface area contributed by atoms with E-state index in [1.165, 1.54) is 149 Å². The average molecular weight is 2340 g/mol. The summed E-state index contributed by atoms with van der Waals surface area (Å²) in [6.45, 7) is 22.4. The van der Waals surface area contributed by atoms with Gasteiger partial charge in [-0.3, -0.25) is 36.4 Å². The molecule has 2 N–H and O–H groups in total. The number of pyridine rings is 4. The zero-order chi connectivity index (χ0) is 87.0. The Morgan fingerprint density at radius 3 is 1.67 bits per heavy atom. The number of benzene rings is 4. The van der Waals surface area contributed by atoms with Crippen molar-refractivity contribution in [2.75, 3.05) is 5.32 Å². The van der Waals surface area contributed by atoms with Crippen molar-refractivity contribution < 1.29 is 129 Å². The van der Waals surface area contributed by atoms with Gasteiger partial charge in [-0.25, -0.2) is 6.08 Å². The number of nitrogens with zero attached hydrogens (tertiary/aromatic N) is 7. The van der Waals surface area contributed by atoms with Gasteiger partial charge in [0.1, 0.15) is 0 Å². The number of hydrogen-bond donors (Lipinski definition) is 2. The van der Waals surface area contributed by atoms with Crippen LogP contribution in [0.5, 0.6) is 0 Å². The number of fused-ring (bicyclic) bond motifs is 1. The maximum absolute atomic E-state index is 14.7. The smallest absolute Gasteiger partial charge is 0.811 e. The second kappa shape index (κ2) is 45.7. The summed E-state index contributed by atoms with van der Waals surface area (Å²) in [7, 11) is 0. The maximum Gasteiger partial charge on any atom is 3.00 e. The van der Waals surface area contributed by atoms with Gasteiger partial charge in [0.2, 0.25) is 0 Å². The normalized spacial score (nSPS) is 18.2. The number of allylic oxidation sites excluding steroid dienone is 1. The zero-order valence-electron chi connectivity index (χ0n) is 73.1. The minimum absolute atomic E-state index is 0. The van der Waals surface area contributed by atoms with Crippen LogP contribution in [0.4, 0.5) is 40.8 Å². The van der Waals surface area contributed by atoms with Crippen LogP contribution in [0.1, 0.15) is 250 Å². The third-order valence-corrected chi connectivity index (χ3v) is 26.2. The van der Waals surface area contributed by atoms with Gasteiger partial charge in [0, 0.05) is 132 Å². The van der Waals surface area contributed by atoms with E-state index in [0.717, 1.165) is 103 Å². The van der Waals surface area contributed by atoms with E-state index in [1.807, 2.05) is 36.7 Å². The quantitative estimate of drug-likeness (QED) is 0.0278. The van der Waals surface area contributed by atoms with Gasteiger partial charge in [-0.05, 0) is 213 Å². The van der Waals surface area contributed by atoms with Crippen LogP contribution in [0.2, 0.25) is 0 Å². The fourth-order valence-electron chi connectivity index (χ4n) is 17.6. The van der Waals surface area contributed by atoms with E-state index in [4.69, 9.17) is 19.7 Å². The Morgan fingerprint density at radius 1 is 0.592 bits per heavy atom. The van der Waals surface area contributed by atoms with Crippen molar-refractivity contribution in [3.05, 3.63) is 273 Å². The van der Waals surface area contributed by atoms with Crippen LogP contribution in [0, 0.1) is 86.5 Å². The summed E-state index contributed by atoms with van der Waals surface area (Å²) >= 11 is 0. The number of anilines is 1. The number of hydrogen-bond acceptors (Lipinski definition) is 10. The molecule has 3 radical (unpaired) electrons. The molecule has 125 heavy (non-hydrogen) atoms. The van der Waals surface area contributed by atoms with Gasteiger partial charge in [0.05, 0.1) is 17.7 Å². The van der Waals surface area contributed by atoms with Crippen molar-refractivity contribution in [1.29, 1.82) is 0 Å². The molecule has 0 amide bonds. The van der Waals surface area contributed by atoms with Crippen LogP contribution >= 0.6 is 0 Å². The summed E-state index contributed by atoms with van der Waals surface area (Å²) in [6.07, 6.45) is 39.7. The first-order chi connectivity index (χ1) is 57.4. The van der Waals surface area contributed by atoms with Crippen molar-refractivity contribution in [3.63, 3.8) is 0 Å². The Hall–Kier alpha value is -7.38. The van der Waals surface area contributed by atoms with Crippen LogP contribution < -0.4 is 10.9 Å². The van der Waals surface area contributed by atoms with Crippen LogP contribution in [-0.4, -0.2) is 58.4 Å². The fourth-order valence-corrected chi connectivity index (χ4v) is 17.6. The Morgan fingerprint density at radius 2 is 1.14 bits per heavy atom. The number of aliphatic hydroxyl groups is 1. The van der Waals surface area contributed by atoms with Gasteiger partial charge in [0.25, 0.3) is 5.63 Å². The number of nitrogens with one attached hydrogen (secondary N) is 1. The second-order valence-corrected chi connectivity index (χ2v) is 36.7. The Kier molecular flexibility index (Phi) is 38.3. The van der Waals surface area contributed by atoms with E-state index in [1.54, 1.807) is 42.7 Å². The topological polar surface area (TPSA) is 163 Å². The monoisotopic (exact) mass is 2340 g/mol. The van der Waals surface area contributed by atoms with E-state index in [-0.39, 0.29) is 141 Å². The Bertz CT molecular complexity index is 5220. The van der Waals surface area contributed by atoms with Gasteiger partial charge in [-0.1, -0.05) is 213 Å². The summed E-state index contributed by atoms with van der Waals surface area (Å²) in [5.41, 5.74) is 6.91. The largest absolute Gasteiger partial charge is 3.00 e. The molecule has 0 bridgehead atoms. The van der Waals surface area contributed by atoms with Gasteiger partial charge >= 0.3 is 26.3 Å². The van der Waals surface area contributed by atoms with E-state index >= 15 is 0 Å². The zero-order valence-corrected chi connectivity index (χ0v) is 81.9. The molecule has 16 rings (SSSR count). The van der Waals surface area contributed by atoms with Gasteiger partial charge in [0.15, 0.2) is 5.60 Å². The molecule has 24 heteroatoms. The minimum Gasteiger partial charge on any atom is -0.811 e. The molecule has 5 saturated carbocycles. The molecular weight excluding hydrogens is 2220 g/mol. The summed E-state index contributed by atoms with van der Waals surface area (Å²) in [5.74, 6) is -1.05. The fraction of sp³-hybridized carbons (Fsp3) is 0.455. The Balaban J connectivity index is 0.000000206. The van der Waals surface area contributed by atoms with Gasteiger partial charge < -0.3 is 39.9 Å². The van der Waals surface area contributed by atoms with Gasteiger partial charge in [-0.15, -0.1) is 66.2 Å². The Labute approximate surface area is 786 Å². The minimum atomic E-state index is -4.64. The standard InChI is InChI=1S/C21H20NO2.C21H30NO.C18H18F2N.C18H19FN.C16H18F2N2.C7H9F3N2O.3Ir.Rh/c1-21(10-4-2-5-11-21)16-9-8-15-13-17(18-7-3-6-12-22-18)20(23)24-19(15)14-16;1-15(21(6)10-7-8-11-21)16-9-12-22-17(13-16)18-14-19(2,3)20(4,5)23-18;1-18(9-3-4-10-18)12-14-15(19)8-7-13(17(14)20)16-6-2-5-11-21-16;1-18(9-2-3-10-18)13-14-8-11-20-17(12-14)15-4-6-16(19)7-5-15;1-16(7-2-3-8-16)11-12-13(17)5-6-14(15(12)18)20-10-4-9-19;1-6(13,7(8,9)10)5-12-4-2-3-11-12;;;;/h3,6-9,12,14H,2,4-5,10-11H2,1H3;9,12-13,15H,7-8,10-11H2,1-6H3;2,5-6,8,11H,3-4,9-10,12H2,1H3;4,6-8,11-12H,2-3,9-10,13H2,1H3;4-5,9-10,20H,2-3,7-8,11H2,1H3;2-4,13H,5H2,1H3;;;;/q4*-1;-2;;;;+3;/b;;;;10-4-;;;;;. The third kappa shape index (κ3) is 27.6. The van der Waals surface area contributed by atoms with Crippen LogP contribution in [0.15, 0.2) is 174 Å². The van der Waals surface area contributed by atoms with Crippen molar-refractivity contribution >= 4 is 28.6 Å². The second-order valence-electron chi connectivity index (χ2n) is 36.7. The SMILES string of the molecule is CC(O)(Cn1cccn1)C(F)(F)F.CC(c1ccnc(C2=[C-]C(C)(C)C(C)(C)O2)c1)C1(C)CCCC1.CC1(Cc2c(F)c[c-]c(-c3ccccn3)c2F)CCCC1.CC1(Cc2c(F)c[c-]c(N/C=C\C=[N-])c2F)CCCC1.CC1(Cc2ccnc(-c3[c-]cc(F)cc3)c2)CCCC1.CC1(c2ccc3[c-]c(-c4ccccn4)c(=O)oc3c2)CCCCC1.[Ir+3].[Ir].[Ir].[Rh]. The summed E-state index contributed by atoms with van der Waals surface area (Å²) in [6, 6.07) is 45.3. The molecule has 7 heterocycles. The average Bonchev–Trinajstić information content (AvgIpc) is 1.69. The van der Waals surface area contributed by atoms with E-state index in [0.29, 0.717) is 59.0 Å². The number of alkyl halides is 3. The summed E-state index contributed by atoms with van der Waals surface area (Å²) in [5, 5.41) is 24.6. The maximum atomic E-state index is 14.7. The first-order valence-corrected chi connectivity index (χ1v) is 42.6. The first-order valence-electron chi connectivity index (χ1n) is 42.6. The van der Waals surface area contributed by atoms with E-state index in [2.05, 4.69) is 160 Å². The number of aromatic nitrogens is 6. The molecule has 12 nitrogen and oxygen atoms in total.